The lowest BCUT2D eigenvalue weighted by Crippen LogP contribution is -2.43. The Morgan fingerprint density at radius 3 is 2.18 bits per heavy atom. The van der Waals surface area contributed by atoms with Gasteiger partial charge in [0.25, 0.3) is 5.95 Å². The molecule has 2 N–H and O–H groups in total. The lowest BCUT2D eigenvalue weighted by molar-refractivity contribution is -0.156. The number of fused-ring (bicyclic) bond motifs is 1. The number of pyridine rings is 1. The van der Waals surface area contributed by atoms with Gasteiger partial charge in [-0.25, -0.2) is 27.0 Å². The number of sulfone groups is 1. The first kappa shape index (κ1) is 42.3. The number of anilines is 2. The zero-order chi connectivity index (χ0) is 41.9. The molecule has 0 aliphatic heterocycles. The summed E-state index contributed by atoms with van der Waals surface area (Å²) in [5.41, 5.74) is 7.74. The average Bonchev–Trinajstić information content (AvgIpc) is 3.56. The molecular weight excluding hydrogens is 775 g/mol. The van der Waals surface area contributed by atoms with Crippen molar-refractivity contribution in [2.75, 3.05) is 24.6 Å². The third-order valence-corrected chi connectivity index (χ3v) is 9.89. The van der Waals surface area contributed by atoms with Crippen LogP contribution in [0.25, 0.3) is 16.8 Å². The van der Waals surface area contributed by atoms with Crippen LogP contribution in [0.15, 0.2) is 90.0 Å². The molecule has 0 saturated carbocycles. The Morgan fingerprint density at radius 2 is 1.56 bits per heavy atom. The number of hydrogen-bond acceptors (Lipinski definition) is 11. The molecule has 2 heterocycles. The van der Waals surface area contributed by atoms with Crippen LogP contribution >= 0.6 is 0 Å². The predicted octanol–water partition coefficient (Wildman–Crippen LogP) is 6.94. The van der Waals surface area contributed by atoms with Gasteiger partial charge in [-0.05, 0) is 58.5 Å². The Balaban J connectivity index is 1.46. The van der Waals surface area contributed by atoms with E-state index in [-0.39, 0.29) is 17.9 Å². The number of carbonyl (C=O) groups is 3. The van der Waals surface area contributed by atoms with Gasteiger partial charge < -0.3 is 19.9 Å². The fraction of sp³-hybridized carbons (Fsp3) is 0.308. The van der Waals surface area contributed by atoms with Crippen molar-refractivity contribution in [1.29, 1.82) is 0 Å². The maximum absolute atomic E-state index is 13.7. The predicted molar refractivity (Wildman–Crippen MR) is 200 cm³/mol. The number of amides is 1. The van der Waals surface area contributed by atoms with Crippen LogP contribution < -0.4 is 15.4 Å². The van der Waals surface area contributed by atoms with E-state index >= 15 is 0 Å². The summed E-state index contributed by atoms with van der Waals surface area (Å²) in [6.45, 7) is 4.02. The molecule has 2 atom stereocenters. The third kappa shape index (κ3) is 10.7. The number of ketones is 1. The maximum atomic E-state index is 13.7. The standard InChI is InChI=1S/C39H39F4N5O8S/c1-23(25-10-13-28(40)14-11-25)31(49)18-24-6-8-26(9-7-24)27-12-17-33-45-36(46-47(33)20-27)48(37(51)56-22-55-35(50)34(44)38(2,3)4)30-16-15-29(57(5,52)53)19-32(30)54-21-39(41,42)43/h6-17,19-20,23,34H,18,21-22,44H2,1-5H3/t23-,34-/m1/s1. The highest BCUT2D eigenvalue weighted by Gasteiger charge is 2.33. The van der Waals surface area contributed by atoms with Gasteiger partial charge in [-0.2, -0.15) is 18.2 Å². The molecule has 0 saturated heterocycles. The molecule has 0 spiro atoms. The number of alkyl halides is 3. The number of nitrogens with zero attached hydrogens (tertiary/aromatic N) is 4. The summed E-state index contributed by atoms with van der Waals surface area (Å²) in [7, 11) is -3.96. The highest BCUT2D eigenvalue weighted by Crippen LogP contribution is 2.37. The monoisotopic (exact) mass is 813 g/mol. The van der Waals surface area contributed by atoms with Crippen molar-refractivity contribution in [1.82, 2.24) is 14.6 Å². The first-order valence-electron chi connectivity index (χ1n) is 17.3. The number of benzene rings is 3. The van der Waals surface area contributed by atoms with Crippen LogP contribution in [0.2, 0.25) is 0 Å². The second kappa shape index (κ2) is 16.7. The molecule has 1 amide bonds. The Labute approximate surface area is 325 Å². The topological polar surface area (TPSA) is 172 Å². The number of esters is 1. The second-order valence-corrected chi connectivity index (χ2v) is 16.2. The van der Waals surface area contributed by atoms with E-state index in [0.29, 0.717) is 21.6 Å². The number of aromatic nitrogens is 3. The minimum absolute atomic E-state index is 0.0569. The second-order valence-electron chi connectivity index (χ2n) is 14.2. The number of hydrogen-bond donors (Lipinski definition) is 1. The van der Waals surface area contributed by atoms with Gasteiger partial charge in [0.15, 0.2) is 22.1 Å². The first-order chi connectivity index (χ1) is 26.6. The van der Waals surface area contributed by atoms with E-state index in [4.69, 9.17) is 19.9 Å². The number of Topliss-reactive ketones (excluding diaryl/α,β-unsaturated/α-hetero) is 1. The van der Waals surface area contributed by atoms with E-state index < -0.39 is 86.9 Å². The van der Waals surface area contributed by atoms with Crippen molar-refractivity contribution in [3.8, 4) is 16.9 Å². The lowest BCUT2D eigenvalue weighted by atomic mass is 9.87. The summed E-state index contributed by atoms with van der Waals surface area (Å²) in [4.78, 5) is 43.7. The van der Waals surface area contributed by atoms with Crippen molar-refractivity contribution in [3.63, 3.8) is 0 Å². The van der Waals surface area contributed by atoms with Gasteiger partial charge in [0.1, 0.15) is 23.4 Å². The van der Waals surface area contributed by atoms with Crippen molar-refractivity contribution < 1.29 is 54.6 Å². The van der Waals surface area contributed by atoms with E-state index in [1.54, 1.807) is 82.4 Å². The molecular formula is C39H39F4N5O8S. The molecule has 0 bridgehead atoms. The van der Waals surface area contributed by atoms with Gasteiger partial charge in [0.2, 0.25) is 6.79 Å². The molecule has 0 fully saturated rings. The highest BCUT2D eigenvalue weighted by molar-refractivity contribution is 7.90. The fourth-order valence-corrected chi connectivity index (χ4v) is 6.00. The molecule has 5 rings (SSSR count). The van der Waals surface area contributed by atoms with Gasteiger partial charge in [0, 0.05) is 36.4 Å². The van der Waals surface area contributed by atoms with Crippen molar-refractivity contribution in [3.05, 3.63) is 102 Å². The summed E-state index contributed by atoms with van der Waals surface area (Å²) in [5.74, 6) is -2.90. The number of nitrogens with two attached hydrogens (primary N) is 1. The van der Waals surface area contributed by atoms with Gasteiger partial charge in [0.05, 0.1) is 10.6 Å². The fourth-order valence-electron chi connectivity index (χ4n) is 5.36. The quantitative estimate of drug-likeness (QED) is 0.0741. The summed E-state index contributed by atoms with van der Waals surface area (Å²) < 4.78 is 94.5. The maximum Gasteiger partial charge on any atom is 0.424 e. The van der Waals surface area contributed by atoms with E-state index in [9.17, 15) is 40.4 Å². The number of ether oxygens (including phenoxy) is 3. The van der Waals surface area contributed by atoms with Crippen molar-refractivity contribution >= 4 is 45.0 Å². The van der Waals surface area contributed by atoms with E-state index in [2.05, 4.69) is 10.1 Å². The zero-order valence-electron chi connectivity index (χ0n) is 31.4. The third-order valence-electron chi connectivity index (χ3n) is 8.78. The molecule has 302 valence electrons. The normalized spacial score (nSPS) is 13.2. The Kier molecular flexibility index (Phi) is 12.4. The summed E-state index contributed by atoms with van der Waals surface area (Å²) in [5, 5.41) is 4.37. The Hall–Kier alpha value is -5.88. The highest BCUT2D eigenvalue weighted by atomic mass is 32.2. The number of halogens is 4. The lowest BCUT2D eigenvalue weighted by Gasteiger charge is -2.25. The van der Waals surface area contributed by atoms with E-state index in [1.807, 2.05) is 0 Å². The molecule has 0 aliphatic rings. The van der Waals surface area contributed by atoms with Crippen LogP contribution in [0.5, 0.6) is 5.75 Å². The Morgan fingerprint density at radius 1 is 0.912 bits per heavy atom. The zero-order valence-corrected chi connectivity index (χ0v) is 32.2. The van der Waals surface area contributed by atoms with Gasteiger partial charge in [-0.3, -0.25) is 9.59 Å². The molecule has 0 radical (unpaired) electrons. The van der Waals surface area contributed by atoms with E-state index in [0.717, 1.165) is 30.0 Å². The minimum Gasteiger partial charge on any atom is -0.482 e. The average molecular weight is 814 g/mol. The molecule has 0 unspecified atom stereocenters. The summed E-state index contributed by atoms with van der Waals surface area (Å²) >= 11 is 0. The molecule has 5 aromatic rings. The smallest absolute Gasteiger partial charge is 0.424 e. The molecule has 3 aromatic carbocycles. The minimum atomic E-state index is -4.85. The van der Waals surface area contributed by atoms with Crippen LogP contribution in [0.4, 0.5) is 34.0 Å². The Bertz CT molecular complexity index is 2380. The van der Waals surface area contributed by atoms with Gasteiger partial charge in [-0.1, -0.05) is 64.1 Å². The van der Waals surface area contributed by atoms with Crippen LogP contribution in [0.3, 0.4) is 0 Å². The summed E-state index contributed by atoms with van der Waals surface area (Å²) in [6.07, 6.45) is -3.64. The van der Waals surface area contributed by atoms with Crippen molar-refractivity contribution in [2.24, 2.45) is 11.1 Å². The van der Waals surface area contributed by atoms with Crippen LogP contribution in [0, 0.1) is 11.2 Å². The molecule has 57 heavy (non-hydrogen) atoms. The largest absolute Gasteiger partial charge is 0.482 e. The molecule has 0 aliphatic carbocycles. The SMILES string of the molecule is C[C@@H](C(=O)Cc1ccc(-c2ccc3nc(N(C(=O)OCOC(=O)[C@@H](N)C(C)(C)C)c4ccc(S(C)(=O)=O)cc4OCC(F)(F)F)nn3c2)cc1)c1ccc(F)cc1. The van der Waals surface area contributed by atoms with Crippen LogP contribution in [0.1, 0.15) is 44.7 Å². The van der Waals surface area contributed by atoms with E-state index in [1.165, 1.54) is 16.6 Å². The first-order valence-corrected chi connectivity index (χ1v) is 19.2. The summed E-state index contributed by atoms with van der Waals surface area (Å²) in [6, 6.07) is 17.9. The number of carbonyl (C=O) groups excluding carboxylic acids is 3. The molecule has 2 aromatic heterocycles. The van der Waals surface area contributed by atoms with Gasteiger partial charge >= 0.3 is 18.2 Å². The van der Waals surface area contributed by atoms with Crippen molar-refractivity contribution in [2.45, 2.75) is 57.1 Å². The van der Waals surface area contributed by atoms with Gasteiger partial charge in [-0.15, -0.1) is 5.10 Å². The van der Waals surface area contributed by atoms with Crippen LogP contribution in [-0.4, -0.2) is 72.7 Å². The van der Waals surface area contributed by atoms with Crippen LogP contribution in [-0.2, 0) is 35.3 Å². The molecule has 18 heteroatoms. The molecule has 13 nitrogen and oxygen atoms in total. The number of rotatable bonds is 13.